The lowest BCUT2D eigenvalue weighted by atomic mass is 10.3. The number of hydrogen-bond donors (Lipinski definition) is 2. The molecule has 1 heterocycles. The summed E-state index contributed by atoms with van der Waals surface area (Å²) >= 11 is 0. The Balaban J connectivity index is 1.88. The van der Waals surface area contributed by atoms with E-state index in [9.17, 15) is 4.79 Å². The van der Waals surface area contributed by atoms with E-state index in [1.54, 1.807) is 37.4 Å². The molecule has 0 aliphatic rings. The normalized spacial score (nSPS) is 10.5. The predicted molar refractivity (Wildman–Crippen MR) is 94.6 cm³/mol. The monoisotopic (exact) mass is 329 g/mol. The maximum Gasteiger partial charge on any atom is 0.276 e. The second-order valence-corrected chi connectivity index (χ2v) is 5.57. The highest BCUT2D eigenvalue weighted by Gasteiger charge is 2.09. The van der Waals surface area contributed by atoms with Crippen molar-refractivity contribution in [1.82, 2.24) is 15.1 Å². The number of ether oxygens (including phenoxy) is 1. The van der Waals surface area contributed by atoms with Crippen molar-refractivity contribution in [2.24, 2.45) is 0 Å². The molecule has 1 aromatic carbocycles. The van der Waals surface area contributed by atoms with Gasteiger partial charge in [-0.05, 0) is 51.3 Å². The first-order valence-corrected chi connectivity index (χ1v) is 7.76. The molecule has 0 saturated heterocycles. The highest BCUT2D eigenvalue weighted by atomic mass is 16.5. The van der Waals surface area contributed by atoms with Crippen LogP contribution < -0.4 is 15.4 Å². The fraction of sp³-hybridized carbons (Fsp3) is 0.353. The van der Waals surface area contributed by atoms with Gasteiger partial charge in [0, 0.05) is 18.3 Å². The third-order valence-corrected chi connectivity index (χ3v) is 3.31. The van der Waals surface area contributed by atoms with Crippen LogP contribution in [0.4, 0.5) is 11.5 Å². The number of hydrogen-bond acceptors (Lipinski definition) is 6. The van der Waals surface area contributed by atoms with E-state index in [1.807, 2.05) is 20.2 Å². The van der Waals surface area contributed by atoms with Crippen LogP contribution in [-0.4, -0.2) is 55.3 Å². The van der Waals surface area contributed by atoms with Crippen LogP contribution in [-0.2, 0) is 0 Å². The van der Waals surface area contributed by atoms with Crippen LogP contribution in [0.3, 0.4) is 0 Å². The number of methoxy groups -OCH3 is 1. The Kier molecular flexibility index (Phi) is 6.51. The summed E-state index contributed by atoms with van der Waals surface area (Å²) in [5.74, 6) is 1.03. The zero-order valence-electron chi connectivity index (χ0n) is 14.2. The first-order valence-electron chi connectivity index (χ1n) is 7.76. The minimum absolute atomic E-state index is 0.261. The van der Waals surface area contributed by atoms with E-state index in [0.29, 0.717) is 17.3 Å². The Morgan fingerprint density at radius 1 is 1.21 bits per heavy atom. The van der Waals surface area contributed by atoms with E-state index in [0.717, 1.165) is 19.5 Å². The standard InChI is InChI=1S/C17H23N5O2/c1-22(2)11-5-10-18-16-9-8-15(20-21-16)17(23)19-13-6-4-7-14(12-13)24-3/h4,6-9,12H,5,10-11H2,1-3H3,(H,18,21)(H,19,23). The van der Waals surface area contributed by atoms with Gasteiger partial charge in [-0.1, -0.05) is 6.07 Å². The van der Waals surface area contributed by atoms with Crippen molar-refractivity contribution >= 4 is 17.4 Å². The van der Waals surface area contributed by atoms with Gasteiger partial charge in [-0.2, -0.15) is 0 Å². The molecule has 1 amide bonds. The molecule has 1 aromatic heterocycles. The molecule has 2 rings (SSSR count). The van der Waals surface area contributed by atoms with Crippen molar-refractivity contribution < 1.29 is 9.53 Å². The van der Waals surface area contributed by atoms with Gasteiger partial charge in [-0.25, -0.2) is 0 Å². The zero-order chi connectivity index (χ0) is 17.4. The quantitative estimate of drug-likeness (QED) is 0.722. The Morgan fingerprint density at radius 3 is 2.71 bits per heavy atom. The number of rotatable bonds is 8. The molecule has 0 fully saturated rings. The summed E-state index contributed by atoms with van der Waals surface area (Å²) in [6, 6.07) is 10.5. The molecule has 0 aliphatic heterocycles. The number of amides is 1. The molecule has 128 valence electrons. The van der Waals surface area contributed by atoms with Crippen LogP contribution in [0.2, 0.25) is 0 Å². The molecular formula is C17H23N5O2. The molecule has 0 spiro atoms. The number of benzene rings is 1. The Hall–Kier alpha value is -2.67. The fourth-order valence-electron chi connectivity index (χ4n) is 2.06. The predicted octanol–water partition coefficient (Wildman–Crippen LogP) is 2.10. The van der Waals surface area contributed by atoms with Gasteiger partial charge in [0.05, 0.1) is 7.11 Å². The summed E-state index contributed by atoms with van der Waals surface area (Å²) < 4.78 is 5.13. The number of nitrogens with zero attached hydrogens (tertiary/aromatic N) is 3. The molecule has 0 radical (unpaired) electrons. The smallest absolute Gasteiger partial charge is 0.276 e. The number of aromatic nitrogens is 2. The molecule has 0 bridgehead atoms. The van der Waals surface area contributed by atoms with Crippen molar-refractivity contribution in [3.05, 3.63) is 42.1 Å². The molecular weight excluding hydrogens is 306 g/mol. The van der Waals surface area contributed by atoms with Crippen LogP contribution >= 0.6 is 0 Å². The lowest BCUT2D eigenvalue weighted by Crippen LogP contribution is -2.17. The zero-order valence-corrected chi connectivity index (χ0v) is 14.2. The average molecular weight is 329 g/mol. The van der Waals surface area contributed by atoms with Crippen LogP contribution in [0.1, 0.15) is 16.9 Å². The highest BCUT2D eigenvalue weighted by Crippen LogP contribution is 2.17. The van der Waals surface area contributed by atoms with Crippen molar-refractivity contribution in [3.63, 3.8) is 0 Å². The van der Waals surface area contributed by atoms with Crippen LogP contribution in [0.5, 0.6) is 5.75 Å². The van der Waals surface area contributed by atoms with Crippen molar-refractivity contribution in [2.45, 2.75) is 6.42 Å². The Bertz CT molecular complexity index is 658. The number of nitrogens with one attached hydrogen (secondary N) is 2. The van der Waals surface area contributed by atoms with E-state index >= 15 is 0 Å². The minimum atomic E-state index is -0.310. The first kappa shape index (κ1) is 17.7. The van der Waals surface area contributed by atoms with Gasteiger partial charge >= 0.3 is 0 Å². The molecule has 2 aromatic rings. The molecule has 0 unspecified atom stereocenters. The van der Waals surface area contributed by atoms with E-state index < -0.39 is 0 Å². The topological polar surface area (TPSA) is 79.4 Å². The van der Waals surface area contributed by atoms with Gasteiger partial charge < -0.3 is 20.3 Å². The maximum absolute atomic E-state index is 12.2. The Morgan fingerprint density at radius 2 is 2.04 bits per heavy atom. The van der Waals surface area contributed by atoms with Crippen LogP contribution in [0.25, 0.3) is 0 Å². The highest BCUT2D eigenvalue weighted by molar-refractivity contribution is 6.02. The number of carbonyl (C=O) groups is 1. The van der Waals surface area contributed by atoms with Gasteiger partial charge in [-0.15, -0.1) is 10.2 Å². The van der Waals surface area contributed by atoms with Crippen molar-refractivity contribution in [2.75, 3.05) is 44.9 Å². The summed E-state index contributed by atoms with van der Waals surface area (Å²) in [6.07, 6.45) is 1.01. The first-order chi connectivity index (χ1) is 11.6. The summed E-state index contributed by atoms with van der Waals surface area (Å²) in [5, 5.41) is 13.9. The van der Waals surface area contributed by atoms with Crippen LogP contribution in [0, 0.1) is 0 Å². The fourth-order valence-corrected chi connectivity index (χ4v) is 2.06. The molecule has 7 heteroatoms. The molecule has 0 atom stereocenters. The Labute approximate surface area is 142 Å². The number of anilines is 2. The SMILES string of the molecule is COc1cccc(NC(=O)c2ccc(NCCCN(C)C)nn2)c1. The third kappa shape index (κ3) is 5.51. The maximum atomic E-state index is 12.2. The van der Waals surface area contributed by atoms with Crippen molar-refractivity contribution in [3.8, 4) is 5.75 Å². The van der Waals surface area contributed by atoms with Gasteiger partial charge in [0.1, 0.15) is 11.6 Å². The average Bonchev–Trinajstić information content (AvgIpc) is 2.59. The lowest BCUT2D eigenvalue weighted by molar-refractivity contribution is 0.102. The van der Waals surface area contributed by atoms with E-state index in [-0.39, 0.29) is 11.6 Å². The van der Waals surface area contributed by atoms with Crippen molar-refractivity contribution in [1.29, 1.82) is 0 Å². The molecule has 24 heavy (non-hydrogen) atoms. The second-order valence-electron chi connectivity index (χ2n) is 5.57. The van der Waals surface area contributed by atoms with Gasteiger partial charge in [-0.3, -0.25) is 4.79 Å². The van der Waals surface area contributed by atoms with Crippen LogP contribution in [0.15, 0.2) is 36.4 Å². The molecule has 7 nitrogen and oxygen atoms in total. The molecule has 0 saturated carbocycles. The van der Waals surface area contributed by atoms with E-state index in [2.05, 4.69) is 25.7 Å². The molecule has 2 N–H and O–H groups in total. The van der Waals surface area contributed by atoms with Gasteiger partial charge in [0.2, 0.25) is 0 Å². The largest absolute Gasteiger partial charge is 0.497 e. The lowest BCUT2D eigenvalue weighted by Gasteiger charge is -2.10. The summed E-state index contributed by atoms with van der Waals surface area (Å²) in [4.78, 5) is 14.3. The minimum Gasteiger partial charge on any atom is -0.497 e. The summed E-state index contributed by atoms with van der Waals surface area (Å²) in [7, 11) is 5.65. The number of carbonyl (C=O) groups excluding carboxylic acids is 1. The van der Waals surface area contributed by atoms with E-state index in [1.165, 1.54) is 0 Å². The third-order valence-electron chi connectivity index (χ3n) is 3.31. The second kappa shape index (κ2) is 8.83. The molecule has 0 aliphatic carbocycles. The van der Waals surface area contributed by atoms with Gasteiger partial charge in [0.25, 0.3) is 5.91 Å². The summed E-state index contributed by atoms with van der Waals surface area (Å²) in [5.41, 5.74) is 0.906. The summed E-state index contributed by atoms with van der Waals surface area (Å²) in [6.45, 7) is 1.81. The van der Waals surface area contributed by atoms with E-state index in [4.69, 9.17) is 4.74 Å². The van der Waals surface area contributed by atoms with Gasteiger partial charge in [0.15, 0.2) is 5.69 Å².